The van der Waals surface area contributed by atoms with Crippen LogP contribution in [0, 0.1) is 20.8 Å². The number of halogens is 3. The van der Waals surface area contributed by atoms with Crippen LogP contribution >= 0.6 is 0 Å². The minimum Gasteiger partial charge on any atom is -0.325 e. The highest BCUT2D eigenvalue weighted by Gasteiger charge is 2.37. The zero-order valence-corrected chi connectivity index (χ0v) is 17.4. The lowest BCUT2D eigenvalue weighted by atomic mass is 10.1. The van der Waals surface area contributed by atoms with E-state index in [1.54, 1.807) is 26.0 Å². The van der Waals surface area contributed by atoms with Gasteiger partial charge < -0.3 is 10.6 Å². The van der Waals surface area contributed by atoms with Crippen molar-refractivity contribution in [2.75, 3.05) is 10.6 Å². The average Bonchev–Trinajstić information content (AvgIpc) is 3.08. The number of anilines is 2. The lowest BCUT2D eigenvalue weighted by Gasteiger charge is -2.13. The third-order valence-electron chi connectivity index (χ3n) is 4.66. The van der Waals surface area contributed by atoms with Gasteiger partial charge in [0, 0.05) is 24.7 Å². The van der Waals surface area contributed by atoms with Crippen LogP contribution < -0.4 is 10.6 Å². The Morgan fingerprint density at radius 1 is 1.06 bits per heavy atom. The second-order valence-corrected chi connectivity index (χ2v) is 7.18. The molecule has 3 aromatic rings. The van der Waals surface area contributed by atoms with Gasteiger partial charge in [-0.25, -0.2) is 9.50 Å². The Labute approximate surface area is 175 Å². The lowest BCUT2D eigenvalue weighted by Crippen LogP contribution is -2.16. The molecule has 0 bridgehead atoms. The van der Waals surface area contributed by atoms with Gasteiger partial charge in [-0.15, -0.1) is 5.10 Å². The molecule has 0 radical (unpaired) electrons. The van der Waals surface area contributed by atoms with E-state index in [4.69, 9.17) is 0 Å². The Hall–Kier alpha value is -3.50. The molecule has 0 atom stereocenters. The van der Waals surface area contributed by atoms with E-state index < -0.39 is 12.0 Å². The van der Waals surface area contributed by atoms with Crippen LogP contribution in [0.2, 0.25) is 0 Å². The molecule has 1 aromatic carbocycles. The maximum atomic E-state index is 12.9. The van der Waals surface area contributed by atoms with Crippen LogP contribution in [0.3, 0.4) is 0 Å². The van der Waals surface area contributed by atoms with E-state index >= 15 is 0 Å². The number of carbonyl (C=O) groups excluding carboxylic acids is 2. The maximum absolute atomic E-state index is 12.9. The summed E-state index contributed by atoms with van der Waals surface area (Å²) in [5.74, 6) is -1.99. The van der Waals surface area contributed by atoms with Crippen molar-refractivity contribution in [1.29, 1.82) is 0 Å². The molecule has 0 aliphatic rings. The summed E-state index contributed by atoms with van der Waals surface area (Å²) >= 11 is 0. The summed E-state index contributed by atoms with van der Waals surface area (Å²) in [4.78, 5) is 31.4. The Balaban J connectivity index is 1.79. The van der Waals surface area contributed by atoms with Crippen LogP contribution in [0.25, 0.3) is 5.78 Å². The lowest BCUT2D eigenvalue weighted by molar-refractivity contribution is -0.144. The number of nitrogens with zero attached hydrogens (tertiary/aromatic N) is 4. The Morgan fingerprint density at radius 2 is 1.77 bits per heavy atom. The van der Waals surface area contributed by atoms with E-state index in [-0.39, 0.29) is 30.4 Å². The molecule has 164 valence electrons. The molecule has 0 unspecified atom stereocenters. The van der Waals surface area contributed by atoms with Crippen LogP contribution in [0.4, 0.5) is 24.5 Å². The molecule has 31 heavy (non-hydrogen) atoms. The summed E-state index contributed by atoms with van der Waals surface area (Å²) in [6.07, 6.45) is -4.37. The summed E-state index contributed by atoms with van der Waals surface area (Å²) in [7, 11) is 0. The Kier molecular flexibility index (Phi) is 5.96. The molecule has 2 aromatic heterocycles. The molecular formula is C20H21F3N6O2. The Bertz CT molecular complexity index is 1170. The highest BCUT2D eigenvalue weighted by atomic mass is 19.4. The molecule has 2 amide bonds. The highest BCUT2D eigenvalue weighted by molar-refractivity contribution is 5.99. The number of alkyl halides is 3. The smallest absolute Gasteiger partial charge is 0.325 e. The van der Waals surface area contributed by atoms with Gasteiger partial charge in [-0.2, -0.15) is 18.2 Å². The monoisotopic (exact) mass is 434 g/mol. The van der Waals surface area contributed by atoms with E-state index in [1.165, 1.54) is 6.92 Å². The molecule has 0 aliphatic carbocycles. The van der Waals surface area contributed by atoms with Crippen LogP contribution in [-0.2, 0) is 22.2 Å². The molecule has 0 aliphatic heterocycles. The van der Waals surface area contributed by atoms with Crippen LogP contribution in [0.5, 0.6) is 0 Å². The maximum Gasteiger partial charge on any atom is 0.453 e. The van der Waals surface area contributed by atoms with E-state index in [0.29, 0.717) is 28.3 Å². The first kappa shape index (κ1) is 22.2. The second-order valence-electron chi connectivity index (χ2n) is 7.18. The van der Waals surface area contributed by atoms with Crippen LogP contribution in [-0.4, -0.2) is 31.4 Å². The van der Waals surface area contributed by atoms with Crippen molar-refractivity contribution in [2.45, 2.75) is 46.7 Å². The van der Waals surface area contributed by atoms with Crippen LogP contribution in [0.1, 0.15) is 41.7 Å². The molecule has 3 rings (SSSR count). The van der Waals surface area contributed by atoms with Crippen LogP contribution in [0.15, 0.2) is 18.2 Å². The van der Waals surface area contributed by atoms with Gasteiger partial charge in [-0.1, -0.05) is 6.07 Å². The standard InChI is InChI=1S/C20H21F3N6O2/c1-10-5-7-15(25-13(4)30)16(9-10)26-17(31)8-6-14-11(2)24-19-27-18(20(21,22)23)28-29(19)12(14)3/h5,7,9H,6,8H2,1-4H3,(H,25,30)(H,26,31). The van der Waals surface area contributed by atoms with Crippen molar-refractivity contribution >= 4 is 29.0 Å². The number of benzene rings is 1. The van der Waals surface area contributed by atoms with Gasteiger partial charge in [-0.05, 0) is 50.5 Å². The van der Waals surface area contributed by atoms with E-state index in [9.17, 15) is 22.8 Å². The first-order chi connectivity index (χ1) is 14.5. The van der Waals surface area contributed by atoms with Gasteiger partial charge in [0.05, 0.1) is 11.4 Å². The average molecular weight is 434 g/mol. The van der Waals surface area contributed by atoms with Crippen molar-refractivity contribution in [3.05, 3.63) is 46.5 Å². The molecule has 0 saturated heterocycles. The van der Waals surface area contributed by atoms with Gasteiger partial charge in [0.15, 0.2) is 0 Å². The number of amides is 2. The summed E-state index contributed by atoms with van der Waals surface area (Å²) in [5, 5.41) is 8.93. The molecule has 2 N–H and O–H groups in total. The SMILES string of the molecule is CC(=O)Nc1ccc(C)cc1NC(=O)CCc1c(C)nc2nc(C(F)(F)F)nn2c1C. The van der Waals surface area contributed by atoms with Gasteiger partial charge in [0.2, 0.25) is 11.8 Å². The van der Waals surface area contributed by atoms with E-state index in [0.717, 1.165) is 10.1 Å². The van der Waals surface area contributed by atoms with Gasteiger partial charge in [0.1, 0.15) is 0 Å². The molecule has 2 heterocycles. The number of hydrogen-bond acceptors (Lipinski definition) is 5. The van der Waals surface area contributed by atoms with Crippen molar-refractivity contribution in [1.82, 2.24) is 19.6 Å². The second kappa shape index (κ2) is 8.32. The minimum atomic E-state index is -4.67. The third-order valence-corrected chi connectivity index (χ3v) is 4.66. The first-order valence-corrected chi connectivity index (χ1v) is 9.44. The summed E-state index contributed by atoms with van der Waals surface area (Å²) in [6, 6.07) is 5.24. The van der Waals surface area contributed by atoms with Gasteiger partial charge in [0.25, 0.3) is 11.6 Å². The minimum absolute atomic E-state index is 0.0587. The number of hydrogen-bond donors (Lipinski definition) is 2. The first-order valence-electron chi connectivity index (χ1n) is 9.44. The number of rotatable bonds is 5. The topological polar surface area (TPSA) is 101 Å². The number of aryl methyl sites for hydroxylation is 3. The number of aromatic nitrogens is 4. The van der Waals surface area contributed by atoms with Crippen molar-refractivity contribution in [3.8, 4) is 0 Å². The molecule has 0 spiro atoms. The van der Waals surface area contributed by atoms with Crippen molar-refractivity contribution < 1.29 is 22.8 Å². The van der Waals surface area contributed by atoms with Crippen molar-refractivity contribution in [3.63, 3.8) is 0 Å². The molecule has 8 nitrogen and oxygen atoms in total. The fraction of sp³-hybridized carbons (Fsp3) is 0.350. The highest BCUT2D eigenvalue weighted by Crippen LogP contribution is 2.27. The fourth-order valence-corrected chi connectivity index (χ4v) is 3.20. The summed E-state index contributed by atoms with van der Waals surface area (Å²) in [6.45, 7) is 6.49. The van der Waals surface area contributed by atoms with Gasteiger partial charge in [-0.3, -0.25) is 9.59 Å². The zero-order chi connectivity index (χ0) is 22.9. The molecule has 0 saturated carbocycles. The molecule has 11 heteroatoms. The number of carbonyl (C=O) groups is 2. The van der Waals surface area contributed by atoms with Gasteiger partial charge >= 0.3 is 6.18 Å². The number of fused-ring (bicyclic) bond motifs is 1. The molecular weight excluding hydrogens is 413 g/mol. The molecule has 0 fully saturated rings. The summed E-state index contributed by atoms with van der Waals surface area (Å²) < 4.78 is 39.8. The quantitative estimate of drug-likeness (QED) is 0.639. The predicted molar refractivity (Wildman–Crippen MR) is 108 cm³/mol. The third kappa shape index (κ3) is 4.98. The normalized spacial score (nSPS) is 11.6. The fourth-order valence-electron chi connectivity index (χ4n) is 3.20. The summed E-state index contributed by atoms with van der Waals surface area (Å²) in [5.41, 5.74) is 3.38. The van der Waals surface area contributed by atoms with E-state index in [1.807, 2.05) is 13.0 Å². The largest absolute Gasteiger partial charge is 0.453 e. The Morgan fingerprint density at radius 3 is 2.42 bits per heavy atom. The zero-order valence-electron chi connectivity index (χ0n) is 17.4. The predicted octanol–water partition coefficient (Wildman–Crippen LogP) is 3.60. The van der Waals surface area contributed by atoms with E-state index in [2.05, 4.69) is 25.7 Å². The van der Waals surface area contributed by atoms with Crippen molar-refractivity contribution in [2.24, 2.45) is 0 Å². The number of nitrogens with one attached hydrogen (secondary N) is 2.